The molecule has 1 saturated carbocycles. The minimum atomic E-state index is -0.152. The molecule has 1 nitrogen and oxygen atoms in total. The third-order valence-electron chi connectivity index (χ3n) is 2.66. The summed E-state index contributed by atoms with van der Waals surface area (Å²) in [6, 6.07) is 0. The zero-order valence-electron chi connectivity index (χ0n) is 6.80. The number of hydrogen-bond donors (Lipinski definition) is 1. The maximum Gasteiger partial charge on any atom is 0.0628 e. The number of aliphatic hydroxyl groups is 1. The molecular formula is C9H16O. The Balaban J connectivity index is 2.60. The minimum Gasteiger partial charge on any atom is -0.392 e. The Kier molecular flexibility index (Phi) is 2.14. The maximum absolute atomic E-state index is 9.56. The summed E-state index contributed by atoms with van der Waals surface area (Å²) in [5.41, 5.74) is 1.21. The van der Waals surface area contributed by atoms with Crippen LogP contribution >= 0.6 is 0 Å². The van der Waals surface area contributed by atoms with Crippen molar-refractivity contribution in [2.45, 2.75) is 32.8 Å². The molecule has 1 aliphatic rings. The molecule has 0 unspecified atom stereocenters. The van der Waals surface area contributed by atoms with Crippen molar-refractivity contribution < 1.29 is 5.11 Å². The summed E-state index contributed by atoms with van der Waals surface area (Å²) >= 11 is 0. The highest BCUT2D eigenvalue weighted by Crippen LogP contribution is 2.31. The summed E-state index contributed by atoms with van der Waals surface area (Å²) in [7, 11) is 0. The average molecular weight is 140 g/mol. The fourth-order valence-electron chi connectivity index (χ4n) is 1.55. The first-order chi connectivity index (χ1) is 4.63. The second kappa shape index (κ2) is 2.75. The van der Waals surface area contributed by atoms with E-state index in [1.54, 1.807) is 0 Å². The molecule has 3 atom stereocenters. The fourth-order valence-corrected chi connectivity index (χ4v) is 1.55. The van der Waals surface area contributed by atoms with Crippen LogP contribution in [0.3, 0.4) is 0 Å². The van der Waals surface area contributed by atoms with Crippen LogP contribution in [0.2, 0.25) is 0 Å². The van der Waals surface area contributed by atoms with E-state index in [1.807, 2.05) is 0 Å². The molecule has 0 aromatic heterocycles. The molecular weight excluding hydrogens is 124 g/mol. The van der Waals surface area contributed by atoms with Crippen molar-refractivity contribution in [1.29, 1.82) is 0 Å². The Hall–Kier alpha value is -0.300. The van der Waals surface area contributed by atoms with Gasteiger partial charge in [-0.05, 0) is 18.8 Å². The maximum atomic E-state index is 9.56. The van der Waals surface area contributed by atoms with Gasteiger partial charge in [0.05, 0.1) is 6.10 Å². The van der Waals surface area contributed by atoms with Gasteiger partial charge in [0.15, 0.2) is 0 Å². The third kappa shape index (κ3) is 1.24. The molecule has 0 amide bonds. The summed E-state index contributed by atoms with van der Waals surface area (Å²) < 4.78 is 0. The van der Waals surface area contributed by atoms with E-state index in [0.717, 1.165) is 12.8 Å². The van der Waals surface area contributed by atoms with Gasteiger partial charge < -0.3 is 5.11 Å². The lowest BCUT2D eigenvalue weighted by Crippen LogP contribution is -2.30. The van der Waals surface area contributed by atoms with Gasteiger partial charge in [-0.1, -0.05) is 26.0 Å². The summed E-state index contributed by atoms with van der Waals surface area (Å²) in [5, 5.41) is 9.56. The highest BCUT2D eigenvalue weighted by Gasteiger charge is 2.27. The van der Waals surface area contributed by atoms with Crippen molar-refractivity contribution in [3.63, 3.8) is 0 Å². The van der Waals surface area contributed by atoms with Crippen LogP contribution in [0.1, 0.15) is 26.7 Å². The van der Waals surface area contributed by atoms with E-state index < -0.39 is 0 Å². The lowest BCUT2D eigenvalue weighted by atomic mass is 9.78. The van der Waals surface area contributed by atoms with Crippen molar-refractivity contribution in [3.05, 3.63) is 12.2 Å². The van der Waals surface area contributed by atoms with E-state index in [0.29, 0.717) is 11.8 Å². The Morgan fingerprint density at radius 1 is 1.50 bits per heavy atom. The van der Waals surface area contributed by atoms with E-state index in [2.05, 4.69) is 20.4 Å². The van der Waals surface area contributed by atoms with Crippen molar-refractivity contribution in [1.82, 2.24) is 0 Å². The highest BCUT2D eigenvalue weighted by molar-refractivity contribution is 5.06. The quantitative estimate of drug-likeness (QED) is 0.510. The van der Waals surface area contributed by atoms with Gasteiger partial charge in [0.25, 0.3) is 0 Å². The van der Waals surface area contributed by atoms with Crippen LogP contribution in [-0.2, 0) is 0 Å². The van der Waals surface area contributed by atoms with Crippen LogP contribution in [0, 0.1) is 11.8 Å². The molecule has 58 valence electrons. The molecule has 1 aliphatic carbocycles. The zero-order valence-corrected chi connectivity index (χ0v) is 6.80. The molecule has 0 heterocycles. The molecule has 0 radical (unpaired) electrons. The van der Waals surface area contributed by atoms with Crippen molar-refractivity contribution >= 4 is 0 Å². The molecule has 0 aliphatic heterocycles. The molecule has 1 heteroatoms. The lowest BCUT2D eigenvalue weighted by molar-refractivity contribution is 0.0586. The smallest absolute Gasteiger partial charge is 0.0628 e. The minimum absolute atomic E-state index is 0.152. The first-order valence-corrected chi connectivity index (χ1v) is 3.98. The Bertz CT molecular complexity index is 140. The normalized spacial score (nSPS) is 41.9. The first-order valence-electron chi connectivity index (χ1n) is 3.98. The van der Waals surface area contributed by atoms with Crippen LogP contribution in [0.15, 0.2) is 12.2 Å². The Morgan fingerprint density at radius 2 is 2.10 bits per heavy atom. The first kappa shape index (κ1) is 7.80. The SMILES string of the molecule is C=C1CC[C@H](C)[C@@H](O)[C@@H]1C. The monoisotopic (exact) mass is 140 g/mol. The standard InChI is InChI=1S/C9H16O/c1-6-4-5-7(2)9(10)8(6)3/h7-10H,1,4-5H2,2-3H3/t7-,8+,9+/m0/s1. The molecule has 0 bridgehead atoms. The molecule has 1 fully saturated rings. The Morgan fingerprint density at radius 3 is 2.60 bits per heavy atom. The molecule has 0 saturated heterocycles. The third-order valence-corrected chi connectivity index (χ3v) is 2.66. The van der Waals surface area contributed by atoms with Gasteiger partial charge in [0.1, 0.15) is 0 Å². The molecule has 1 rings (SSSR count). The molecule has 1 N–H and O–H groups in total. The highest BCUT2D eigenvalue weighted by atomic mass is 16.3. The van der Waals surface area contributed by atoms with Crippen LogP contribution in [0.25, 0.3) is 0 Å². The van der Waals surface area contributed by atoms with Gasteiger partial charge in [0, 0.05) is 5.92 Å². The van der Waals surface area contributed by atoms with E-state index in [9.17, 15) is 5.11 Å². The van der Waals surface area contributed by atoms with Crippen LogP contribution in [0.4, 0.5) is 0 Å². The second-order valence-electron chi connectivity index (χ2n) is 3.45. The predicted molar refractivity (Wildman–Crippen MR) is 42.7 cm³/mol. The van der Waals surface area contributed by atoms with Gasteiger partial charge in [-0.25, -0.2) is 0 Å². The van der Waals surface area contributed by atoms with Crippen molar-refractivity contribution in [3.8, 4) is 0 Å². The van der Waals surface area contributed by atoms with E-state index in [-0.39, 0.29) is 6.10 Å². The van der Waals surface area contributed by atoms with Crippen LogP contribution < -0.4 is 0 Å². The van der Waals surface area contributed by atoms with E-state index in [4.69, 9.17) is 0 Å². The average Bonchev–Trinajstić information content (AvgIpc) is 1.93. The van der Waals surface area contributed by atoms with Gasteiger partial charge >= 0.3 is 0 Å². The fraction of sp³-hybridized carbons (Fsp3) is 0.778. The van der Waals surface area contributed by atoms with Crippen LogP contribution in [0.5, 0.6) is 0 Å². The van der Waals surface area contributed by atoms with Gasteiger partial charge in [0.2, 0.25) is 0 Å². The molecule has 10 heavy (non-hydrogen) atoms. The number of rotatable bonds is 0. The molecule has 0 aromatic carbocycles. The van der Waals surface area contributed by atoms with Crippen molar-refractivity contribution in [2.24, 2.45) is 11.8 Å². The summed E-state index contributed by atoms with van der Waals surface area (Å²) in [6.45, 7) is 8.08. The van der Waals surface area contributed by atoms with Gasteiger partial charge in [-0.15, -0.1) is 0 Å². The number of aliphatic hydroxyl groups excluding tert-OH is 1. The van der Waals surface area contributed by atoms with Crippen LogP contribution in [-0.4, -0.2) is 11.2 Å². The largest absolute Gasteiger partial charge is 0.392 e. The van der Waals surface area contributed by atoms with Crippen molar-refractivity contribution in [2.75, 3.05) is 0 Å². The summed E-state index contributed by atoms with van der Waals surface area (Å²) in [5.74, 6) is 0.768. The Labute approximate surface area is 62.8 Å². The summed E-state index contributed by atoms with van der Waals surface area (Å²) in [4.78, 5) is 0. The zero-order chi connectivity index (χ0) is 7.72. The summed E-state index contributed by atoms with van der Waals surface area (Å²) in [6.07, 6.45) is 2.05. The second-order valence-corrected chi connectivity index (χ2v) is 3.45. The predicted octanol–water partition coefficient (Wildman–Crippen LogP) is 1.97. The van der Waals surface area contributed by atoms with E-state index in [1.165, 1.54) is 5.57 Å². The molecule has 0 aromatic rings. The number of hydrogen-bond acceptors (Lipinski definition) is 1. The van der Waals surface area contributed by atoms with E-state index >= 15 is 0 Å². The van der Waals surface area contributed by atoms with Gasteiger partial charge in [-0.2, -0.15) is 0 Å². The topological polar surface area (TPSA) is 20.2 Å². The molecule has 0 spiro atoms. The van der Waals surface area contributed by atoms with Gasteiger partial charge in [-0.3, -0.25) is 0 Å². The lowest BCUT2D eigenvalue weighted by Gasteiger charge is -2.32.